The fraction of sp³-hybridized carbons (Fsp3) is 0.0164. The second kappa shape index (κ2) is 15.0. The van der Waals surface area contributed by atoms with Crippen LogP contribution in [0.5, 0.6) is 0 Å². The first-order valence-corrected chi connectivity index (χ1v) is 22.2. The van der Waals surface area contributed by atoms with Gasteiger partial charge in [0.25, 0.3) is 0 Å². The Morgan fingerprint density at radius 2 is 0.815 bits per heavy atom. The number of amidine groups is 2. The lowest BCUT2D eigenvalue weighted by Crippen LogP contribution is -2.33. The molecule has 1 aromatic heterocycles. The summed E-state index contributed by atoms with van der Waals surface area (Å²) in [7, 11) is 0. The first kappa shape index (κ1) is 37.0. The summed E-state index contributed by atoms with van der Waals surface area (Å²) in [4.78, 5) is 10.0. The molecule has 13 rings (SSSR count). The predicted molar refractivity (Wildman–Crippen MR) is 272 cm³/mol. The third kappa shape index (κ3) is 6.46. The normalized spacial score (nSPS) is 14.0. The van der Waals surface area contributed by atoms with Crippen LogP contribution in [0.1, 0.15) is 22.9 Å². The molecule has 12 aromatic rings. The maximum Gasteiger partial charge on any atom is 0.159 e. The molecule has 0 saturated carbocycles. The number of aliphatic imine (C=N–C) groups is 2. The molecule has 11 aromatic carbocycles. The lowest BCUT2D eigenvalue weighted by Gasteiger charge is -2.23. The van der Waals surface area contributed by atoms with Crippen LogP contribution in [0.25, 0.3) is 98.4 Å². The molecular weight excluding hydrogens is 791 g/mol. The van der Waals surface area contributed by atoms with E-state index in [1.54, 1.807) is 0 Å². The van der Waals surface area contributed by atoms with Gasteiger partial charge in [-0.3, -0.25) is 0 Å². The van der Waals surface area contributed by atoms with Crippen molar-refractivity contribution < 1.29 is 4.42 Å². The summed E-state index contributed by atoms with van der Waals surface area (Å²) in [5.41, 5.74) is 11.8. The molecule has 4 nitrogen and oxygen atoms in total. The van der Waals surface area contributed by atoms with Crippen LogP contribution >= 0.6 is 0 Å². The highest BCUT2D eigenvalue weighted by molar-refractivity contribution is 6.26. The van der Waals surface area contributed by atoms with Crippen molar-refractivity contribution >= 4 is 76.7 Å². The lowest BCUT2D eigenvalue weighted by molar-refractivity contribution is 0.669. The molecule has 1 N–H and O–H groups in total. The third-order valence-corrected chi connectivity index (χ3v) is 13.1. The van der Waals surface area contributed by atoms with Crippen LogP contribution in [0.4, 0.5) is 0 Å². The Labute approximate surface area is 375 Å². The van der Waals surface area contributed by atoms with Crippen LogP contribution in [0.3, 0.4) is 0 Å². The highest BCUT2D eigenvalue weighted by Crippen LogP contribution is 2.39. The van der Waals surface area contributed by atoms with Crippen molar-refractivity contribution in [2.75, 3.05) is 0 Å². The zero-order valence-electron chi connectivity index (χ0n) is 35.2. The summed E-state index contributed by atoms with van der Waals surface area (Å²) in [5.74, 6) is 1.52. The Bertz CT molecular complexity index is 3890. The second-order valence-electron chi connectivity index (χ2n) is 17.0. The van der Waals surface area contributed by atoms with E-state index in [2.05, 4.69) is 193 Å². The van der Waals surface area contributed by atoms with Gasteiger partial charge in [-0.1, -0.05) is 176 Å². The van der Waals surface area contributed by atoms with Crippen molar-refractivity contribution in [3.63, 3.8) is 0 Å². The SMILES string of the molecule is c1ccc(C2=NC(c3ccccc3)NC(c3ccc4cc(-c5ccc6c(c5)oc5ccc(-c7cccc(-c8ccc9c%10ccccc%10c%10ccccc%10c9c8)c7)cc56)ccc4c3)=N2)cc1. The summed E-state index contributed by atoms with van der Waals surface area (Å²) in [6, 6.07) is 80.2. The molecule has 304 valence electrons. The van der Waals surface area contributed by atoms with Crippen molar-refractivity contribution in [1.29, 1.82) is 0 Å². The summed E-state index contributed by atoms with van der Waals surface area (Å²) in [6.07, 6.45) is -0.243. The minimum absolute atomic E-state index is 0.243. The highest BCUT2D eigenvalue weighted by Gasteiger charge is 2.21. The molecule has 0 bridgehead atoms. The number of nitrogens with one attached hydrogen (secondary N) is 1. The van der Waals surface area contributed by atoms with E-state index in [4.69, 9.17) is 14.4 Å². The summed E-state index contributed by atoms with van der Waals surface area (Å²) >= 11 is 0. The number of furan rings is 1. The Kier molecular flexibility index (Phi) is 8.56. The molecule has 0 radical (unpaired) electrons. The van der Waals surface area contributed by atoms with Gasteiger partial charge in [0.05, 0.1) is 0 Å². The van der Waals surface area contributed by atoms with Gasteiger partial charge in [-0.2, -0.15) is 0 Å². The van der Waals surface area contributed by atoms with Crippen molar-refractivity contribution in [2.45, 2.75) is 6.17 Å². The number of hydrogen-bond donors (Lipinski definition) is 1. The molecule has 2 heterocycles. The number of nitrogens with zero attached hydrogens (tertiary/aromatic N) is 2. The van der Waals surface area contributed by atoms with E-state index in [0.717, 1.165) is 77.8 Å². The average molecular weight is 830 g/mol. The second-order valence-corrected chi connectivity index (χ2v) is 17.0. The first-order valence-electron chi connectivity index (χ1n) is 22.2. The van der Waals surface area contributed by atoms with Gasteiger partial charge in [-0.15, -0.1) is 0 Å². The van der Waals surface area contributed by atoms with Gasteiger partial charge < -0.3 is 9.73 Å². The van der Waals surface area contributed by atoms with E-state index in [0.29, 0.717) is 0 Å². The zero-order valence-corrected chi connectivity index (χ0v) is 35.2. The fourth-order valence-electron chi connectivity index (χ4n) is 9.79. The van der Waals surface area contributed by atoms with E-state index in [1.165, 1.54) is 49.0 Å². The van der Waals surface area contributed by atoms with Gasteiger partial charge >= 0.3 is 0 Å². The molecule has 1 aliphatic rings. The molecule has 1 unspecified atom stereocenters. The molecule has 0 aliphatic carbocycles. The van der Waals surface area contributed by atoms with E-state index in [1.807, 2.05) is 36.4 Å². The monoisotopic (exact) mass is 829 g/mol. The molecule has 1 atom stereocenters. The molecule has 0 spiro atoms. The van der Waals surface area contributed by atoms with Crippen LogP contribution in [0.15, 0.2) is 239 Å². The number of benzene rings is 11. The standard InChI is InChI=1S/C61H39N3O/c1-3-12-38(13-4-1)59-62-60(39-14-5-2-6-15-39)64-61(63-59)48-25-24-42-33-43(22-23-44(42)34-48)47-27-30-54-56-36-46(28-31-57(56)65-58(54)37-47)41-17-11-16-40(32-41)45-26-29-53-51-20-8-7-18-49(51)50-19-9-10-21-52(50)55(53)35-45/h1-37,59H,(H,62,63,64). The Balaban J connectivity index is 0.803. The minimum Gasteiger partial charge on any atom is -0.456 e. The van der Waals surface area contributed by atoms with Crippen molar-refractivity contribution in [1.82, 2.24) is 5.32 Å². The average Bonchev–Trinajstić information content (AvgIpc) is 3.76. The van der Waals surface area contributed by atoms with E-state index >= 15 is 0 Å². The molecule has 0 saturated heterocycles. The Hall–Kier alpha value is -8.60. The topological polar surface area (TPSA) is 49.9 Å². The maximum absolute atomic E-state index is 6.53. The van der Waals surface area contributed by atoms with E-state index < -0.39 is 0 Å². The quantitative estimate of drug-likeness (QED) is 0.170. The van der Waals surface area contributed by atoms with Gasteiger partial charge in [-0.05, 0) is 131 Å². The van der Waals surface area contributed by atoms with Gasteiger partial charge in [0.2, 0.25) is 0 Å². The molecule has 0 amide bonds. The third-order valence-electron chi connectivity index (χ3n) is 13.1. The number of rotatable bonds is 6. The van der Waals surface area contributed by atoms with Crippen LogP contribution in [0, 0.1) is 0 Å². The van der Waals surface area contributed by atoms with E-state index in [9.17, 15) is 0 Å². The number of hydrogen-bond acceptors (Lipinski definition) is 4. The largest absolute Gasteiger partial charge is 0.456 e. The van der Waals surface area contributed by atoms with Gasteiger partial charge in [0, 0.05) is 21.9 Å². The van der Waals surface area contributed by atoms with Crippen molar-refractivity contribution in [2.24, 2.45) is 9.98 Å². The molecular formula is C61H39N3O. The predicted octanol–water partition coefficient (Wildman–Crippen LogP) is 15.7. The van der Waals surface area contributed by atoms with Crippen molar-refractivity contribution in [3.05, 3.63) is 241 Å². The molecule has 4 heteroatoms. The van der Waals surface area contributed by atoms with Gasteiger partial charge in [0.1, 0.15) is 23.2 Å². The molecule has 65 heavy (non-hydrogen) atoms. The van der Waals surface area contributed by atoms with E-state index in [-0.39, 0.29) is 6.17 Å². The van der Waals surface area contributed by atoms with Crippen LogP contribution in [-0.2, 0) is 0 Å². The fourth-order valence-corrected chi connectivity index (χ4v) is 9.79. The smallest absolute Gasteiger partial charge is 0.159 e. The van der Waals surface area contributed by atoms with Gasteiger partial charge in [-0.25, -0.2) is 9.98 Å². The molecule has 0 fully saturated rings. The highest BCUT2D eigenvalue weighted by atomic mass is 16.3. The summed E-state index contributed by atoms with van der Waals surface area (Å²) in [6.45, 7) is 0. The Morgan fingerprint density at radius 1 is 0.323 bits per heavy atom. The zero-order chi connectivity index (χ0) is 42.8. The Morgan fingerprint density at radius 3 is 1.52 bits per heavy atom. The first-order chi connectivity index (χ1) is 32.2. The van der Waals surface area contributed by atoms with Crippen LogP contribution in [-0.4, -0.2) is 11.7 Å². The summed E-state index contributed by atoms with van der Waals surface area (Å²) < 4.78 is 6.53. The van der Waals surface area contributed by atoms with Crippen molar-refractivity contribution in [3.8, 4) is 33.4 Å². The maximum atomic E-state index is 6.53. The molecule has 1 aliphatic heterocycles. The number of fused-ring (bicyclic) bond motifs is 10. The minimum atomic E-state index is -0.243. The lowest BCUT2D eigenvalue weighted by atomic mass is 9.91. The van der Waals surface area contributed by atoms with Gasteiger partial charge in [0.15, 0.2) is 5.84 Å². The van der Waals surface area contributed by atoms with Crippen LogP contribution < -0.4 is 5.32 Å². The summed E-state index contributed by atoms with van der Waals surface area (Å²) in [5, 5.41) is 15.8. The van der Waals surface area contributed by atoms with Crippen LogP contribution in [0.2, 0.25) is 0 Å².